The third-order valence-electron chi connectivity index (χ3n) is 4.72. The first-order valence-electron chi connectivity index (χ1n) is 8.78. The zero-order chi connectivity index (χ0) is 20.3. The standard InChI is InChI=1S/C20H22N4O4.H2S/c1-13(15-8-6-5-7-9-15)23(2)20-22-17(18(27-4)19(26)24(20)3)16(25)10-14-11-21-28-12-14;/h5-9,11-13H,10H2,1-4H3;1H2/t13-;/m0./s1. The Balaban J connectivity index is 0.00000300. The van der Waals surface area contributed by atoms with Gasteiger partial charge in [-0.05, 0) is 12.5 Å². The summed E-state index contributed by atoms with van der Waals surface area (Å²) in [6.07, 6.45) is 2.85. The molecule has 29 heavy (non-hydrogen) atoms. The molecule has 8 nitrogen and oxygen atoms in total. The molecule has 3 rings (SSSR count). The normalized spacial score (nSPS) is 11.4. The number of Topliss-reactive ketones (excluding diaryl/α,β-unsaturated/α-hetero) is 1. The number of hydrogen-bond acceptors (Lipinski definition) is 7. The van der Waals surface area contributed by atoms with Crippen LogP contribution in [0.25, 0.3) is 0 Å². The van der Waals surface area contributed by atoms with E-state index in [2.05, 4.69) is 10.1 Å². The fourth-order valence-electron chi connectivity index (χ4n) is 2.97. The highest BCUT2D eigenvalue weighted by Crippen LogP contribution is 2.25. The average Bonchev–Trinajstić information content (AvgIpc) is 3.22. The van der Waals surface area contributed by atoms with Crippen LogP contribution in [-0.4, -0.2) is 34.6 Å². The fourth-order valence-corrected chi connectivity index (χ4v) is 2.97. The van der Waals surface area contributed by atoms with Crippen LogP contribution >= 0.6 is 13.5 Å². The van der Waals surface area contributed by atoms with Crippen molar-refractivity contribution in [3.63, 3.8) is 0 Å². The summed E-state index contributed by atoms with van der Waals surface area (Å²) in [6.45, 7) is 2.00. The van der Waals surface area contributed by atoms with Gasteiger partial charge in [0.05, 0.1) is 19.3 Å². The minimum absolute atomic E-state index is 0. The largest absolute Gasteiger partial charge is 0.489 e. The van der Waals surface area contributed by atoms with E-state index < -0.39 is 5.56 Å². The molecule has 1 atom stereocenters. The Hall–Kier alpha value is -3.07. The molecule has 0 aliphatic rings. The van der Waals surface area contributed by atoms with Gasteiger partial charge < -0.3 is 14.2 Å². The zero-order valence-electron chi connectivity index (χ0n) is 16.7. The van der Waals surface area contributed by atoms with Crippen LogP contribution in [0.2, 0.25) is 0 Å². The number of nitrogens with zero attached hydrogens (tertiary/aromatic N) is 4. The quantitative estimate of drug-likeness (QED) is 0.547. The lowest BCUT2D eigenvalue weighted by molar-refractivity contribution is 0.0984. The van der Waals surface area contributed by atoms with Gasteiger partial charge in [-0.25, -0.2) is 4.98 Å². The van der Waals surface area contributed by atoms with E-state index in [4.69, 9.17) is 9.26 Å². The molecule has 1 aromatic carbocycles. The minimum Gasteiger partial charge on any atom is -0.489 e. The Morgan fingerprint density at radius 3 is 2.59 bits per heavy atom. The maximum Gasteiger partial charge on any atom is 0.297 e. The maximum absolute atomic E-state index is 12.8. The number of ketones is 1. The average molecular weight is 417 g/mol. The summed E-state index contributed by atoms with van der Waals surface area (Å²) in [7, 11) is 4.79. The molecule has 0 saturated heterocycles. The Morgan fingerprint density at radius 2 is 2.00 bits per heavy atom. The molecule has 0 aliphatic heterocycles. The third kappa shape index (κ3) is 4.51. The van der Waals surface area contributed by atoms with E-state index >= 15 is 0 Å². The molecule has 0 bridgehead atoms. The molecule has 2 aromatic heterocycles. The van der Waals surface area contributed by atoms with Crippen LogP contribution in [-0.2, 0) is 13.5 Å². The number of methoxy groups -OCH3 is 1. The van der Waals surface area contributed by atoms with Gasteiger partial charge in [-0.15, -0.1) is 0 Å². The van der Waals surface area contributed by atoms with E-state index in [-0.39, 0.29) is 43.2 Å². The first-order valence-corrected chi connectivity index (χ1v) is 8.78. The van der Waals surface area contributed by atoms with E-state index in [9.17, 15) is 9.59 Å². The summed E-state index contributed by atoms with van der Waals surface area (Å²) in [5, 5.41) is 3.59. The van der Waals surface area contributed by atoms with Gasteiger partial charge in [-0.2, -0.15) is 13.5 Å². The van der Waals surface area contributed by atoms with Crippen LogP contribution in [0.15, 0.2) is 52.1 Å². The van der Waals surface area contributed by atoms with Crippen LogP contribution in [0.5, 0.6) is 5.75 Å². The van der Waals surface area contributed by atoms with Gasteiger partial charge in [0.25, 0.3) is 5.56 Å². The monoisotopic (exact) mass is 416 g/mol. The second kappa shape index (κ2) is 9.42. The number of rotatable bonds is 7. The molecule has 0 saturated carbocycles. The lowest BCUT2D eigenvalue weighted by atomic mass is 10.1. The predicted molar refractivity (Wildman–Crippen MR) is 114 cm³/mol. The maximum atomic E-state index is 12.8. The first kappa shape index (κ1) is 22.2. The predicted octanol–water partition coefficient (Wildman–Crippen LogP) is 2.51. The van der Waals surface area contributed by atoms with E-state index in [1.807, 2.05) is 49.2 Å². The highest BCUT2D eigenvalue weighted by Gasteiger charge is 2.25. The van der Waals surface area contributed by atoms with Crippen molar-refractivity contribution < 1.29 is 14.1 Å². The molecular formula is C20H24N4O4S. The molecule has 3 aromatic rings. The van der Waals surface area contributed by atoms with Crippen LogP contribution in [0.4, 0.5) is 5.95 Å². The van der Waals surface area contributed by atoms with E-state index in [1.54, 1.807) is 7.05 Å². The molecule has 0 aliphatic carbocycles. The van der Waals surface area contributed by atoms with E-state index in [0.29, 0.717) is 11.5 Å². The Kier molecular flexibility index (Phi) is 7.22. The summed E-state index contributed by atoms with van der Waals surface area (Å²) in [4.78, 5) is 31.9. The highest BCUT2D eigenvalue weighted by molar-refractivity contribution is 7.59. The summed E-state index contributed by atoms with van der Waals surface area (Å²) >= 11 is 0. The fraction of sp³-hybridized carbons (Fsp3) is 0.300. The number of ether oxygens (including phenoxy) is 1. The van der Waals surface area contributed by atoms with Crippen LogP contribution in [0.1, 0.15) is 34.6 Å². The number of hydrogen-bond donors (Lipinski definition) is 0. The van der Waals surface area contributed by atoms with Crippen molar-refractivity contribution in [3.05, 3.63) is 70.0 Å². The topological polar surface area (TPSA) is 90.5 Å². The van der Waals surface area contributed by atoms with Crippen molar-refractivity contribution in [2.24, 2.45) is 7.05 Å². The summed E-state index contributed by atoms with van der Waals surface area (Å²) in [5.74, 6) is -0.0518. The molecule has 0 unspecified atom stereocenters. The molecule has 0 radical (unpaired) electrons. The van der Waals surface area contributed by atoms with Gasteiger partial charge in [0, 0.05) is 26.1 Å². The molecule has 0 fully saturated rings. The first-order chi connectivity index (χ1) is 13.4. The molecule has 0 N–H and O–H groups in total. The number of carbonyl (C=O) groups excluding carboxylic acids is 1. The SMILES string of the molecule is COc1c(C(=O)Cc2cnoc2)nc(N(C)[C@@H](C)c2ccccc2)n(C)c1=O.S. The van der Waals surface area contributed by atoms with Crippen LogP contribution in [0.3, 0.4) is 0 Å². The summed E-state index contributed by atoms with van der Waals surface area (Å²) in [5.41, 5.74) is 1.23. The highest BCUT2D eigenvalue weighted by atomic mass is 32.1. The Bertz CT molecular complexity index is 1020. The summed E-state index contributed by atoms with van der Waals surface area (Å²) in [6, 6.07) is 9.79. The number of aromatic nitrogens is 3. The lowest BCUT2D eigenvalue weighted by Crippen LogP contribution is -2.33. The molecule has 2 heterocycles. The molecule has 0 spiro atoms. The molecule has 154 valence electrons. The van der Waals surface area contributed by atoms with Crippen molar-refractivity contribution in [2.75, 3.05) is 19.1 Å². The van der Waals surface area contributed by atoms with Crippen molar-refractivity contribution in [2.45, 2.75) is 19.4 Å². The van der Waals surface area contributed by atoms with Gasteiger partial charge in [0.15, 0.2) is 11.5 Å². The van der Waals surface area contributed by atoms with Crippen molar-refractivity contribution in [1.82, 2.24) is 14.7 Å². The van der Waals surface area contributed by atoms with Gasteiger partial charge in [-0.1, -0.05) is 35.5 Å². The smallest absolute Gasteiger partial charge is 0.297 e. The van der Waals surface area contributed by atoms with E-state index in [0.717, 1.165) is 5.56 Å². The van der Waals surface area contributed by atoms with Gasteiger partial charge in [0.1, 0.15) is 6.26 Å². The number of anilines is 1. The van der Waals surface area contributed by atoms with Crippen molar-refractivity contribution in [3.8, 4) is 5.75 Å². The minimum atomic E-state index is -0.423. The molecular weight excluding hydrogens is 392 g/mol. The van der Waals surface area contributed by atoms with Crippen molar-refractivity contribution >= 4 is 25.2 Å². The third-order valence-corrected chi connectivity index (χ3v) is 4.72. The van der Waals surface area contributed by atoms with Gasteiger partial charge in [-0.3, -0.25) is 14.2 Å². The number of carbonyl (C=O) groups is 1. The van der Waals surface area contributed by atoms with Crippen LogP contribution < -0.4 is 15.2 Å². The Labute approximate surface area is 175 Å². The van der Waals surface area contributed by atoms with E-state index in [1.165, 1.54) is 24.1 Å². The van der Waals surface area contributed by atoms with Crippen LogP contribution in [0, 0.1) is 0 Å². The molecule has 0 amide bonds. The summed E-state index contributed by atoms with van der Waals surface area (Å²) < 4.78 is 11.4. The number of benzene rings is 1. The van der Waals surface area contributed by atoms with Gasteiger partial charge in [0.2, 0.25) is 11.7 Å². The second-order valence-corrected chi connectivity index (χ2v) is 6.49. The zero-order valence-corrected chi connectivity index (χ0v) is 17.7. The lowest BCUT2D eigenvalue weighted by Gasteiger charge is -2.28. The van der Waals surface area contributed by atoms with Crippen molar-refractivity contribution in [1.29, 1.82) is 0 Å². The Morgan fingerprint density at radius 1 is 1.31 bits per heavy atom. The molecule has 9 heteroatoms. The van der Waals surface area contributed by atoms with Gasteiger partial charge >= 0.3 is 0 Å². The second-order valence-electron chi connectivity index (χ2n) is 6.49.